The third kappa shape index (κ3) is 6.34. The van der Waals surface area contributed by atoms with Gasteiger partial charge in [-0.3, -0.25) is 9.80 Å². The molecule has 2 fully saturated rings. The lowest BCUT2D eigenvalue weighted by Gasteiger charge is -2.39. The molecule has 0 aliphatic carbocycles. The summed E-state index contributed by atoms with van der Waals surface area (Å²) in [5.74, 6) is 0.936. The number of nitrogens with zero attached hydrogens (tertiary/aromatic N) is 4. The van der Waals surface area contributed by atoms with E-state index in [9.17, 15) is 4.39 Å². The summed E-state index contributed by atoms with van der Waals surface area (Å²) in [7, 11) is 0. The van der Waals surface area contributed by atoms with E-state index in [0.29, 0.717) is 0 Å². The molecule has 2 saturated heterocycles. The maximum atomic E-state index is 13.4. The number of piperazine rings is 1. The Labute approximate surface area is 220 Å². The molecule has 3 aromatic rings. The van der Waals surface area contributed by atoms with Gasteiger partial charge in [0.05, 0.1) is 6.04 Å². The number of hydrogen-bond donors (Lipinski definition) is 0. The summed E-state index contributed by atoms with van der Waals surface area (Å²) in [5, 5.41) is 2.49. The molecule has 0 amide bonds. The molecule has 1 unspecified atom stereocenters. The second kappa shape index (κ2) is 12.7. The highest BCUT2D eigenvalue weighted by Gasteiger charge is 2.27. The van der Waals surface area contributed by atoms with Gasteiger partial charge in [-0.25, -0.2) is 9.37 Å². The number of fused-ring (bicyclic) bond motifs is 1. The van der Waals surface area contributed by atoms with E-state index in [0.717, 1.165) is 76.5 Å². The van der Waals surface area contributed by atoms with Gasteiger partial charge in [0, 0.05) is 44.3 Å². The van der Waals surface area contributed by atoms with E-state index >= 15 is 0 Å². The van der Waals surface area contributed by atoms with Gasteiger partial charge in [0.15, 0.2) is 0 Å². The number of halogens is 3. The normalized spacial score (nSPS) is 19.3. The fourth-order valence-corrected chi connectivity index (χ4v) is 5.40. The monoisotopic (exact) mass is 516 g/mol. The molecule has 35 heavy (non-hydrogen) atoms. The van der Waals surface area contributed by atoms with Gasteiger partial charge in [-0.1, -0.05) is 48.6 Å². The Morgan fingerprint density at radius 1 is 0.886 bits per heavy atom. The summed E-state index contributed by atoms with van der Waals surface area (Å²) >= 11 is 0. The van der Waals surface area contributed by atoms with Gasteiger partial charge in [0.2, 0.25) is 0 Å². The Hall–Kier alpha value is -2.18. The molecule has 1 aromatic heterocycles. The van der Waals surface area contributed by atoms with Crippen molar-refractivity contribution in [2.24, 2.45) is 0 Å². The van der Waals surface area contributed by atoms with Crippen LogP contribution < -0.4 is 4.90 Å². The van der Waals surface area contributed by atoms with Crippen molar-refractivity contribution in [3.05, 3.63) is 84.3 Å². The maximum Gasteiger partial charge on any atom is 0.136 e. The van der Waals surface area contributed by atoms with Gasteiger partial charge in [-0.05, 0) is 61.5 Å². The summed E-state index contributed by atoms with van der Waals surface area (Å²) in [6.45, 7) is 11.7. The zero-order valence-corrected chi connectivity index (χ0v) is 21.7. The lowest BCUT2D eigenvalue weighted by molar-refractivity contribution is 0.172. The van der Waals surface area contributed by atoms with Gasteiger partial charge in [0.25, 0.3) is 0 Å². The lowest BCUT2D eigenvalue weighted by Crippen LogP contribution is -2.47. The predicted molar refractivity (Wildman–Crippen MR) is 149 cm³/mol. The zero-order chi connectivity index (χ0) is 22.6. The largest absolute Gasteiger partial charge is 0.354 e. The molecule has 0 N–H and O–H groups in total. The molecule has 0 radical (unpaired) electrons. The molecule has 7 heteroatoms. The first-order valence-corrected chi connectivity index (χ1v) is 12.2. The minimum atomic E-state index is -0.176. The lowest BCUT2D eigenvalue weighted by atomic mass is 9.91. The molecule has 0 saturated carbocycles. The molecule has 0 spiro atoms. The Bertz CT molecular complexity index is 1090. The number of aromatic nitrogens is 1. The molecule has 2 aliphatic rings. The number of hydrogen-bond acceptors (Lipinski definition) is 4. The van der Waals surface area contributed by atoms with E-state index in [1.54, 1.807) is 12.1 Å². The SMILES string of the molecule is C=C1CCCN(CCCN2CCN(c3nccc4ccccc34)CC2)C1c1ccc(F)cc1.Cl.Cl. The van der Waals surface area contributed by atoms with E-state index in [-0.39, 0.29) is 36.7 Å². The molecule has 4 nitrogen and oxygen atoms in total. The number of benzene rings is 2. The third-order valence-electron chi connectivity index (χ3n) is 7.12. The maximum absolute atomic E-state index is 13.4. The van der Waals surface area contributed by atoms with Crippen molar-refractivity contribution < 1.29 is 4.39 Å². The van der Waals surface area contributed by atoms with E-state index in [2.05, 4.69) is 51.6 Å². The Kier molecular flexibility index (Phi) is 9.93. The second-order valence-corrected chi connectivity index (χ2v) is 9.29. The van der Waals surface area contributed by atoms with E-state index in [1.807, 2.05) is 18.3 Å². The minimum absolute atomic E-state index is 0. The van der Waals surface area contributed by atoms with Crippen LogP contribution in [0.4, 0.5) is 10.2 Å². The summed E-state index contributed by atoms with van der Waals surface area (Å²) < 4.78 is 13.4. The molecule has 2 aliphatic heterocycles. The quantitative estimate of drug-likeness (QED) is 0.368. The Balaban J connectivity index is 0.00000171. The predicted octanol–water partition coefficient (Wildman–Crippen LogP) is 6.12. The highest BCUT2D eigenvalue weighted by Crippen LogP contribution is 2.34. The Morgan fingerprint density at radius 2 is 1.63 bits per heavy atom. The molecule has 5 rings (SSSR count). The average Bonchev–Trinajstić information content (AvgIpc) is 2.85. The zero-order valence-electron chi connectivity index (χ0n) is 20.1. The highest BCUT2D eigenvalue weighted by atomic mass is 35.5. The molecule has 2 aromatic carbocycles. The standard InChI is InChI=1S/C28H33FN4.2ClH/c1-22-6-4-16-32(27(22)24-9-11-25(29)12-10-24)17-5-15-31-18-20-33(21-19-31)28-26-8-3-2-7-23(26)13-14-30-28;;/h2-3,7-14,27H,1,4-6,15-21H2;2*1H. The fourth-order valence-electron chi connectivity index (χ4n) is 5.40. The number of rotatable bonds is 6. The molecule has 188 valence electrons. The van der Waals surface area contributed by atoms with Crippen LogP contribution >= 0.6 is 24.8 Å². The molecule has 0 bridgehead atoms. The van der Waals surface area contributed by atoms with Crippen molar-refractivity contribution in [2.45, 2.75) is 25.3 Å². The van der Waals surface area contributed by atoms with Crippen molar-refractivity contribution in [1.82, 2.24) is 14.8 Å². The van der Waals surface area contributed by atoms with Gasteiger partial charge in [0.1, 0.15) is 11.6 Å². The van der Waals surface area contributed by atoms with Crippen LogP contribution in [0.25, 0.3) is 10.8 Å². The van der Waals surface area contributed by atoms with E-state index < -0.39 is 0 Å². The van der Waals surface area contributed by atoms with Crippen LogP contribution in [0.15, 0.2) is 72.9 Å². The fraction of sp³-hybridized carbons (Fsp3) is 0.393. The van der Waals surface area contributed by atoms with Crippen LogP contribution in [0.2, 0.25) is 0 Å². The number of likely N-dealkylation sites (tertiary alicyclic amines) is 1. The smallest absolute Gasteiger partial charge is 0.136 e. The van der Waals surface area contributed by atoms with Gasteiger partial charge in [-0.2, -0.15) is 0 Å². The van der Waals surface area contributed by atoms with Crippen LogP contribution in [-0.2, 0) is 0 Å². The average molecular weight is 518 g/mol. The van der Waals surface area contributed by atoms with E-state index in [1.165, 1.54) is 16.3 Å². The summed E-state index contributed by atoms with van der Waals surface area (Å²) in [6.07, 6.45) is 5.28. The molecule has 3 heterocycles. The van der Waals surface area contributed by atoms with Crippen LogP contribution in [0.1, 0.15) is 30.9 Å². The topological polar surface area (TPSA) is 22.6 Å². The highest BCUT2D eigenvalue weighted by molar-refractivity contribution is 5.92. The first-order valence-electron chi connectivity index (χ1n) is 12.2. The summed E-state index contributed by atoms with van der Waals surface area (Å²) in [4.78, 5) is 12.2. The van der Waals surface area contributed by atoms with Crippen LogP contribution in [0.5, 0.6) is 0 Å². The third-order valence-corrected chi connectivity index (χ3v) is 7.12. The first-order chi connectivity index (χ1) is 16.2. The number of pyridine rings is 1. The summed E-state index contributed by atoms with van der Waals surface area (Å²) in [5.41, 5.74) is 2.42. The van der Waals surface area contributed by atoms with Crippen molar-refractivity contribution in [3.63, 3.8) is 0 Å². The van der Waals surface area contributed by atoms with Crippen molar-refractivity contribution in [2.75, 3.05) is 50.7 Å². The molecule has 1 atom stereocenters. The van der Waals surface area contributed by atoms with Crippen molar-refractivity contribution in [3.8, 4) is 0 Å². The minimum Gasteiger partial charge on any atom is -0.354 e. The molecular weight excluding hydrogens is 482 g/mol. The number of piperidine rings is 1. The second-order valence-electron chi connectivity index (χ2n) is 9.29. The van der Waals surface area contributed by atoms with Crippen molar-refractivity contribution in [1.29, 1.82) is 0 Å². The van der Waals surface area contributed by atoms with Gasteiger partial charge < -0.3 is 4.90 Å². The molecular formula is C28H35Cl2FN4. The Morgan fingerprint density at radius 3 is 2.40 bits per heavy atom. The van der Waals surface area contributed by atoms with Crippen molar-refractivity contribution >= 4 is 41.4 Å². The van der Waals surface area contributed by atoms with Gasteiger partial charge in [-0.15, -0.1) is 24.8 Å². The van der Waals surface area contributed by atoms with Crippen LogP contribution in [0.3, 0.4) is 0 Å². The first kappa shape index (κ1) is 27.4. The summed E-state index contributed by atoms with van der Waals surface area (Å²) in [6, 6.07) is 17.8. The van der Waals surface area contributed by atoms with Gasteiger partial charge >= 0.3 is 0 Å². The number of anilines is 1. The van der Waals surface area contributed by atoms with E-state index in [4.69, 9.17) is 4.98 Å². The van der Waals surface area contributed by atoms with Crippen LogP contribution in [-0.4, -0.2) is 60.6 Å². The van der Waals surface area contributed by atoms with Crippen LogP contribution in [0, 0.1) is 5.82 Å².